The van der Waals surface area contributed by atoms with Gasteiger partial charge in [0.25, 0.3) is 0 Å². The van der Waals surface area contributed by atoms with Gasteiger partial charge in [-0.3, -0.25) is 4.79 Å². The molecule has 142 valence electrons. The standard InChI is InChI=1S/C17H27N3O3S.ClH/c1-2-3-13-24(22,23)20-12-4-5-16(20)17(21)19-11-10-14-6-8-15(18)9-7-14;/h6-9,16H,2-5,10-13,18H2,1H3,(H,19,21);1H. The van der Waals surface area contributed by atoms with E-state index in [1.54, 1.807) is 0 Å². The van der Waals surface area contributed by atoms with E-state index < -0.39 is 16.1 Å². The van der Waals surface area contributed by atoms with Crippen molar-refractivity contribution in [1.29, 1.82) is 0 Å². The highest BCUT2D eigenvalue weighted by molar-refractivity contribution is 7.89. The summed E-state index contributed by atoms with van der Waals surface area (Å²) in [6, 6.07) is 6.96. The number of unbranched alkanes of at least 4 members (excludes halogenated alkanes) is 1. The van der Waals surface area contributed by atoms with Gasteiger partial charge >= 0.3 is 0 Å². The Morgan fingerprint density at radius 1 is 1.32 bits per heavy atom. The lowest BCUT2D eigenvalue weighted by Crippen LogP contribution is -2.47. The van der Waals surface area contributed by atoms with Crippen LogP contribution in [0.2, 0.25) is 0 Å². The van der Waals surface area contributed by atoms with Crippen LogP contribution in [0.25, 0.3) is 0 Å². The number of carbonyl (C=O) groups is 1. The molecule has 1 atom stereocenters. The number of rotatable bonds is 8. The van der Waals surface area contributed by atoms with Crippen LogP contribution in [0.1, 0.15) is 38.2 Å². The number of anilines is 1. The summed E-state index contributed by atoms with van der Waals surface area (Å²) in [6.45, 7) is 2.89. The van der Waals surface area contributed by atoms with Gasteiger partial charge in [-0.25, -0.2) is 8.42 Å². The van der Waals surface area contributed by atoms with Crippen LogP contribution in [0.4, 0.5) is 5.69 Å². The van der Waals surface area contributed by atoms with Crippen LogP contribution >= 0.6 is 12.4 Å². The van der Waals surface area contributed by atoms with Crippen molar-refractivity contribution in [3.8, 4) is 0 Å². The highest BCUT2D eigenvalue weighted by Crippen LogP contribution is 2.22. The Kier molecular flexibility index (Phi) is 8.68. The van der Waals surface area contributed by atoms with Gasteiger partial charge in [0.05, 0.1) is 5.75 Å². The van der Waals surface area contributed by atoms with Crippen molar-refractivity contribution in [2.75, 3.05) is 24.6 Å². The maximum absolute atomic E-state index is 12.4. The lowest BCUT2D eigenvalue weighted by molar-refractivity contribution is -0.124. The van der Waals surface area contributed by atoms with Crippen LogP contribution in [0, 0.1) is 0 Å². The number of nitrogens with two attached hydrogens (primary N) is 1. The third-order valence-corrected chi connectivity index (χ3v) is 6.27. The Bertz CT molecular complexity index is 650. The topological polar surface area (TPSA) is 92.5 Å². The van der Waals surface area contributed by atoms with E-state index in [2.05, 4.69) is 5.32 Å². The Morgan fingerprint density at radius 2 is 2.00 bits per heavy atom. The molecule has 25 heavy (non-hydrogen) atoms. The normalized spacial score (nSPS) is 17.9. The molecule has 1 aromatic carbocycles. The number of nitrogen functional groups attached to an aromatic ring is 1. The number of amides is 1. The monoisotopic (exact) mass is 389 g/mol. The first-order valence-electron chi connectivity index (χ1n) is 8.55. The summed E-state index contributed by atoms with van der Waals surface area (Å²) in [6.07, 6.45) is 3.48. The van der Waals surface area contributed by atoms with E-state index in [1.165, 1.54) is 4.31 Å². The van der Waals surface area contributed by atoms with E-state index in [4.69, 9.17) is 5.73 Å². The van der Waals surface area contributed by atoms with E-state index in [1.807, 2.05) is 31.2 Å². The third-order valence-electron chi connectivity index (χ3n) is 4.31. The van der Waals surface area contributed by atoms with Gasteiger partial charge in [-0.05, 0) is 43.4 Å². The number of halogens is 1. The van der Waals surface area contributed by atoms with Crippen molar-refractivity contribution < 1.29 is 13.2 Å². The summed E-state index contributed by atoms with van der Waals surface area (Å²) in [5.41, 5.74) is 7.44. The molecule has 1 aliphatic heterocycles. The zero-order chi connectivity index (χ0) is 17.6. The van der Waals surface area contributed by atoms with Gasteiger partial charge in [-0.2, -0.15) is 4.31 Å². The van der Waals surface area contributed by atoms with Crippen molar-refractivity contribution in [2.45, 2.75) is 45.1 Å². The van der Waals surface area contributed by atoms with Gasteiger partial charge in [0.1, 0.15) is 6.04 Å². The zero-order valence-corrected chi connectivity index (χ0v) is 16.2. The summed E-state index contributed by atoms with van der Waals surface area (Å²) >= 11 is 0. The Morgan fingerprint density at radius 3 is 2.64 bits per heavy atom. The van der Waals surface area contributed by atoms with Crippen LogP contribution in [-0.4, -0.2) is 43.5 Å². The second kappa shape index (κ2) is 9.99. The Hall–Kier alpha value is -1.31. The fraction of sp³-hybridized carbons (Fsp3) is 0.588. The van der Waals surface area contributed by atoms with Crippen LogP contribution < -0.4 is 11.1 Å². The van der Waals surface area contributed by atoms with Gasteiger partial charge in [0, 0.05) is 18.8 Å². The lowest BCUT2D eigenvalue weighted by Gasteiger charge is -2.23. The molecule has 1 heterocycles. The number of sulfonamides is 1. The fourth-order valence-corrected chi connectivity index (χ4v) is 4.80. The number of nitrogens with zero attached hydrogens (tertiary/aromatic N) is 1. The maximum atomic E-state index is 12.4. The van der Waals surface area contributed by atoms with Crippen molar-refractivity contribution in [3.05, 3.63) is 29.8 Å². The molecular weight excluding hydrogens is 362 g/mol. The van der Waals surface area contributed by atoms with Gasteiger partial charge < -0.3 is 11.1 Å². The first-order chi connectivity index (χ1) is 11.4. The molecule has 0 bridgehead atoms. The van der Waals surface area contributed by atoms with E-state index in [0.717, 1.165) is 18.4 Å². The molecule has 0 spiro atoms. The van der Waals surface area contributed by atoms with Crippen LogP contribution in [0.5, 0.6) is 0 Å². The van der Waals surface area contributed by atoms with E-state index >= 15 is 0 Å². The molecule has 0 aliphatic carbocycles. The highest BCUT2D eigenvalue weighted by Gasteiger charge is 2.37. The first-order valence-corrected chi connectivity index (χ1v) is 10.2. The van der Waals surface area contributed by atoms with Crippen molar-refractivity contribution in [2.24, 2.45) is 0 Å². The van der Waals surface area contributed by atoms with E-state index in [-0.39, 0.29) is 24.1 Å². The molecule has 0 saturated carbocycles. The predicted molar refractivity (Wildman–Crippen MR) is 103 cm³/mol. The molecular formula is C17H28ClN3O3S. The molecule has 1 fully saturated rings. The minimum atomic E-state index is -3.34. The van der Waals surface area contributed by atoms with Crippen LogP contribution in [0.15, 0.2) is 24.3 Å². The van der Waals surface area contributed by atoms with E-state index in [0.29, 0.717) is 38.0 Å². The van der Waals surface area contributed by atoms with Crippen LogP contribution in [-0.2, 0) is 21.2 Å². The first kappa shape index (κ1) is 21.7. The lowest BCUT2D eigenvalue weighted by atomic mass is 10.1. The molecule has 1 aromatic rings. The molecule has 0 aromatic heterocycles. The minimum Gasteiger partial charge on any atom is -0.399 e. The average Bonchev–Trinajstić information content (AvgIpc) is 3.05. The van der Waals surface area contributed by atoms with Gasteiger partial charge in [0.2, 0.25) is 15.9 Å². The molecule has 1 saturated heterocycles. The molecule has 8 heteroatoms. The number of carbonyl (C=O) groups excluding carboxylic acids is 1. The Labute approximate surface area is 156 Å². The van der Waals surface area contributed by atoms with Crippen molar-refractivity contribution >= 4 is 34.0 Å². The summed E-state index contributed by atoms with van der Waals surface area (Å²) in [5.74, 6) is -0.0679. The molecule has 1 aliphatic rings. The second-order valence-electron chi connectivity index (χ2n) is 6.22. The molecule has 1 amide bonds. The van der Waals surface area contributed by atoms with Crippen molar-refractivity contribution in [1.82, 2.24) is 9.62 Å². The fourth-order valence-electron chi connectivity index (χ4n) is 2.91. The van der Waals surface area contributed by atoms with Gasteiger partial charge in [0.15, 0.2) is 0 Å². The smallest absolute Gasteiger partial charge is 0.238 e. The molecule has 2 rings (SSSR count). The molecule has 0 radical (unpaired) electrons. The second-order valence-corrected chi connectivity index (χ2v) is 8.26. The number of nitrogens with one attached hydrogen (secondary N) is 1. The number of hydrogen-bond acceptors (Lipinski definition) is 4. The summed E-state index contributed by atoms with van der Waals surface area (Å²) in [4.78, 5) is 12.4. The molecule has 3 N–H and O–H groups in total. The number of hydrogen-bond donors (Lipinski definition) is 2. The molecule has 6 nitrogen and oxygen atoms in total. The molecule has 1 unspecified atom stereocenters. The van der Waals surface area contributed by atoms with E-state index in [9.17, 15) is 13.2 Å². The predicted octanol–water partition coefficient (Wildman–Crippen LogP) is 1.94. The minimum absolute atomic E-state index is 0. The SMILES string of the molecule is CCCCS(=O)(=O)N1CCCC1C(=O)NCCc1ccc(N)cc1.Cl. The highest BCUT2D eigenvalue weighted by atomic mass is 35.5. The summed E-state index contributed by atoms with van der Waals surface area (Å²) in [7, 11) is -3.34. The van der Waals surface area contributed by atoms with Gasteiger partial charge in [-0.15, -0.1) is 12.4 Å². The van der Waals surface area contributed by atoms with Crippen molar-refractivity contribution in [3.63, 3.8) is 0 Å². The van der Waals surface area contributed by atoms with Gasteiger partial charge in [-0.1, -0.05) is 25.5 Å². The summed E-state index contributed by atoms with van der Waals surface area (Å²) in [5, 5.41) is 2.87. The summed E-state index contributed by atoms with van der Waals surface area (Å²) < 4.78 is 26.1. The largest absolute Gasteiger partial charge is 0.399 e. The maximum Gasteiger partial charge on any atom is 0.238 e. The average molecular weight is 390 g/mol. The zero-order valence-electron chi connectivity index (χ0n) is 14.6. The third kappa shape index (κ3) is 6.17. The quantitative estimate of drug-likeness (QED) is 0.664. The van der Waals surface area contributed by atoms with Crippen LogP contribution in [0.3, 0.4) is 0 Å². The number of benzene rings is 1. The Balaban J connectivity index is 0.00000312.